The number of hydrogen-bond donors (Lipinski definition) is 2. The molecule has 2 rings (SSSR count). The first-order valence-electron chi connectivity index (χ1n) is 7.68. The molecule has 0 saturated heterocycles. The third-order valence-corrected chi connectivity index (χ3v) is 3.63. The maximum Gasteiger partial charge on any atom is 0.161 e. The minimum absolute atomic E-state index is 0.0211. The van der Waals surface area contributed by atoms with Crippen LogP contribution in [0.3, 0.4) is 0 Å². The Hall–Kier alpha value is -1.75. The molecule has 0 atom stereocenters. The lowest BCUT2D eigenvalue weighted by molar-refractivity contribution is 0.194. The van der Waals surface area contributed by atoms with Crippen LogP contribution in [0.5, 0.6) is 11.5 Å². The molecule has 2 N–H and O–H groups in total. The zero-order chi connectivity index (χ0) is 16.5. The molecule has 0 spiro atoms. The first-order valence-corrected chi connectivity index (χ1v) is 8.06. The smallest absolute Gasteiger partial charge is 0.161 e. The summed E-state index contributed by atoms with van der Waals surface area (Å²) < 4.78 is 11.1. The summed E-state index contributed by atoms with van der Waals surface area (Å²) in [6, 6.07) is 13.6. The van der Waals surface area contributed by atoms with Gasteiger partial charge in [-0.2, -0.15) is 0 Å². The van der Waals surface area contributed by atoms with Crippen LogP contribution in [0.15, 0.2) is 42.5 Å². The minimum Gasteiger partial charge on any atom is -0.490 e. The first-order chi connectivity index (χ1) is 11.2. The molecule has 0 fully saturated rings. The van der Waals surface area contributed by atoms with Crippen LogP contribution in [-0.4, -0.2) is 24.9 Å². The number of benzene rings is 2. The van der Waals surface area contributed by atoms with Crippen molar-refractivity contribution in [3.8, 4) is 11.5 Å². The van der Waals surface area contributed by atoms with Gasteiger partial charge in [-0.05, 0) is 36.2 Å². The fraction of sp³-hybridized carbons (Fsp3) is 0.333. The molecule has 5 heteroatoms. The predicted molar refractivity (Wildman–Crippen MR) is 92.2 cm³/mol. The second kappa shape index (κ2) is 9.40. The van der Waals surface area contributed by atoms with Crippen LogP contribution in [0.25, 0.3) is 0 Å². The van der Waals surface area contributed by atoms with Crippen molar-refractivity contribution in [1.82, 2.24) is 5.32 Å². The molecule has 0 aliphatic carbocycles. The van der Waals surface area contributed by atoms with E-state index >= 15 is 0 Å². The van der Waals surface area contributed by atoms with Crippen molar-refractivity contribution in [3.05, 3.63) is 58.6 Å². The van der Waals surface area contributed by atoms with Crippen molar-refractivity contribution in [2.75, 3.05) is 19.8 Å². The van der Waals surface area contributed by atoms with Crippen molar-refractivity contribution in [3.63, 3.8) is 0 Å². The predicted octanol–water partition coefficient (Wildman–Crippen LogP) is 3.40. The summed E-state index contributed by atoms with van der Waals surface area (Å²) in [5, 5.41) is 13.0. The van der Waals surface area contributed by atoms with E-state index in [9.17, 15) is 0 Å². The van der Waals surface area contributed by atoms with Crippen LogP contribution in [0.4, 0.5) is 0 Å². The summed E-state index contributed by atoms with van der Waals surface area (Å²) in [5.74, 6) is 1.34. The quantitative estimate of drug-likeness (QED) is 0.737. The van der Waals surface area contributed by atoms with Gasteiger partial charge in [0.1, 0.15) is 6.61 Å². The number of ether oxygens (including phenoxy) is 2. The third kappa shape index (κ3) is 5.43. The molecule has 0 saturated carbocycles. The lowest BCUT2D eigenvalue weighted by Gasteiger charge is -2.13. The van der Waals surface area contributed by atoms with E-state index in [2.05, 4.69) is 5.32 Å². The van der Waals surface area contributed by atoms with Gasteiger partial charge < -0.3 is 19.9 Å². The summed E-state index contributed by atoms with van der Waals surface area (Å²) >= 11 is 6.14. The Morgan fingerprint density at radius 3 is 2.61 bits per heavy atom. The molecular weight excluding hydrogens is 314 g/mol. The van der Waals surface area contributed by atoms with Gasteiger partial charge in [-0.15, -0.1) is 0 Å². The van der Waals surface area contributed by atoms with Gasteiger partial charge in [0.05, 0.1) is 13.2 Å². The van der Waals surface area contributed by atoms with Gasteiger partial charge in [0.25, 0.3) is 0 Å². The van der Waals surface area contributed by atoms with Crippen molar-refractivity contribution in [1.29, 1.82) is 0 Å². The number of aliphatic hydroxyl groups is 1. The maximum atomic E-state index is 8.86. The Labute approximate surface area is 142 Å². The van der Waals surface area contributed by atoms with Gasteiger partial charge in [0, 0.05) is 18.1 Å². The molecule has 0 aliphatic rings. The standard InChI is InChI=1S/C18H22ClNO3/c1-2-22-18-11-14(7-8-17(18)23-10-9-21)12-20-13-15-5-3-4-6-16(15)19/h3-8,11,20-21H,2,9-10,12-13H2,1H3. The molecule has 0 amide bonds. The molecule has 4 nitrogen and oxygen atoms in total. The van der Waals surface area contributed by atoms with E-state index < -0.39 is 0 Å². The number of rotatable bonds is 9. The van der Waals surface area contributed by atoms with Crippen LogP contribution in [0.2, 0.25) is 5.02 Å². The highest BCUT2D eigenvalue weighted by atomic mass is 35.5. The minimum atomic E-state index is -0.0211. The lowest BCUT2D eigenvalue weighted by Crippen LogP contribution is -2.13. The highest BCUT2D eigenvalue weighted by Gasteiger charge is 2.07. The van der Waals surface area contributed by atoms with Crippen molar-refractivity contribution < 1.29 is 14.6 Å². The average molecular weight is 336 g/mol. The van der Waals surface area contributed by atoms with Crippen molar-refractivity contribution in [2.45, 2.75) is 20.0 Å². The number of nitrogens with one attached hydrogen (secondary N) is 1. The van der Waals surface area contributed by atoms with Gasteiger partial charge in [-0.25, -0.2) is 0 Å². The van der Waals surface area contributed by atoms with Crippen LogP contribution in [-0.2, 0) is 13.1 Å². The number of hydrogen-bond acceptors (Lipinski definition) is 4. The van der Waals surface area contributed by atoms with Gasteiger partial charge in [-0.1, -0.05) is 35.9 Å². The van der Waals surface area contributed by atoms with E-state index in [1.165, 1.54) is 0 Å². The Bertz CT molecular complexity index is 619. The highest BCUT2D eigenvalue weighted by molar-refractivity contribution is 6.31. The molecule has 23 heavy (non-hydrogen) atoms. The lowest BCUT2D eigenvalue weighted by atomic mass is 10.2. The Morgan fingerprint density at radius 1 is 1.04 bits per heavy atom. The molecule has 2 aromatic rings. The Kier molecular flexibility index (Phi) is 7.20. The zero-order valence-corrected chi connectivity index (χ0v) is 14.0. The Morgan fingerprint density at radius 2 is 1.87 bits per heavy atom. The average Bonchev–Trinajstić information content (AvgIpc) is 2.56. The van der Waals surface area contributed by atoms with Gasteiger partial charge in [0.2, 0.25) is 0 Å². The number of aliphatic hydroxyl groups excluding tert-OH is 1. The fourth-order valence-electron chi connectivity index (χ4n) is 2.19. The second-order valence-corrected chi connectivity index (χ2v) is 5.39. The van der Waals surface area contributed by atoms with E-state index in [4.69, 9.17) is 26.2 Å². The van der Waals surface area contributed by atoms with Crippen LogP contribution in [0.1, 0.15) is 18.1 Å². The van der Waals surface area contributed by atoms with E-state index in [1.807, 2.05) is 49.4 Å². The zero-order valence-electron chi connectivity index (χ0n) is 13.2. The summed E-state index contributed by atoms with van der Waals surface area (Å²) in [5.41, 5.74) is 2.17. The molecule has 2 aromatic carbocycles. The van der Waals surface area contributed by atoms with Gasteiger partial charge >= 0.3 is 0 Å². The summed E-state index contributed by atoms with van der Waals surface area (Å²) in [4.78, 5) is 0. The maximum absolute atomic E-state index is 8.86. The topological polar surface area (TPSA) is 50.7 Å². The van der Waals surface area contributed by atoms with Crippen LogP contribution >= 0.6 is 11.6 Å². The van der Waals surface area contributed by atoms with E-state index in [0.29, 0.717) is 31.2 Å². The first kappa shape index (κ1) is 17.6. The van der Waals surface area contributed by atoms with Crippen molar-refractivity contribution in [2.24, 2.45) is 0 Å². The monoisotopic (exact) mass is 335 g/mol. The van der Waals surface area contributed by atoms with Crippen molar-refractivity contribution >= 4 is 11.6 Å². The summed E-state index contributed by atoms with van der Waals surface area (Å²) in [7, 11) is 0. The van der Waals surface area contributed by atoms with Gasteiger partial charge in [-0.3, -0.25) is 0 Å². The molecule has 0 unspecified atom stereocenters. The largest absolute Gasteiger partial charge is 0.490 e. The normalized spacial score (nSPS) is 10.6. The molecule has 0 radical (unpaired) electrons. The highest BCUT2D eigenvalue weighted by Crippen LogP contribution is 2.28. The summed E-state index contributed by atoms with van der Waals surface area (Å²) in [6.45, 7) is 4.12. The summed E-state index contributed by atoms with van der Waals surface area (Å²) in [6.07, 6.45) is 0. The third-order valence-electron chi connectivity index (χ3n) is 3.26. The molecule has 0 bridgehead atoms. The molecular formula is C18H22ClNO3. The molecule has 124 valence electrons. The molecule has 0 aliphatic heterocycles. The van der Waals surface area contributed by atoms with E-state index in [-0.39, 0.29) is 13.2 Å². The van der Waals surface area contributed by atoms with Crippen LogP contribution < -0.4 is 14.8 Å². The second-order valence-electron chi connectivity index (χ2n) is 4.98. The van der Waals surface area contributed by atoms with Gasteiger partial charge in [0.15, 0.2) is 11.5 Å². The fourth-order valence-corrected chi connectivity index (χ4v) is 2.39. The number of halogens is 1. The molecule has 0 heterocycles. The van der Waals surface area contributed by atoms with E-state index in [1.54, 1.807) is 0 Å². The SMILES string of the molecule is CCOc1cc(CNCc2ccccc2Cl)ccc1OCCO. The Balaban J connectivity index is 1.97. The van der Waals surface area contributed by atoms with Crippen LogP contribution in [0, 0.1) is 0 Å². The molecule has 0 aromatic heterocycles. The van der Waals surface area contributed by atoms with E-state index in [0.717, 1.165) is 16.1 Å².